The van der Waals surface area contributed by atoms with E-state index < -0.39 is 12.1 Å². The Balaban J connectivity index is 1.84. The van der Waals surface area contributed by atoms with Gasteiger partial charge in [-0.2, -0.15) is 0 Å². The predicted octanol–water partition coefficient (Wildman–Crippen LogP) is 2.32. The zero-order valence-electron chi connectivity index (χ0n) is 18.2. The molecule has 0 spiro atoms. The molecular formula is C23H32N4O3. The zero-order chi connectivity index (χ0) is 22.0. The molecule has 3 N–H and O–H groups in total. The van der Waals surface area contributed by atoms with Crippen molar-refractivity contribution in [3.05, 3.63) is 36.0 Å². The third-order valence-corrected chi connectivity index (χ3v) is 5.89. The summed E-state index contributed by atoms with van der Waals surface area (Å²) in [6, 6.07) is 6.63. The number of nitrogens with one attached hydrogen (secondary N) is 1. The molecule has 1 aliphatic heterocycles. The van der Waals surface area contributed by atoms with Crippen LogP contribution in [0.4, 0.5) is 0 Å². The largest absolute Gasteiger partial charge is 0.343 e. The number of hydrogen-bond donors (Lipinski definition) is 2. The van der Waals surface area contributed by atoms with Crippen LogP contribution in [0, 0.1) is 5.92 Å². The summed E-state index contributed by atoms with van der Waals surface area (Å²) in [5.41, 5.74) is 7.63. The molecule has 0 bridgehead atoms. The number of amides is 2. The highest BCUT2D eigenvalue weighted by atomic mass is 16.2. The van der Waals surface area contributed by atoms with Crippen molar-refractivity contribution >= 4 is 28.6 Å². The van der Waals surface area contributed by atoms with Crippen LogP contribution in [0.2, 0.25) is 0 Å². The lowest BCUT2D eigenvalue weighted by Gasteiger charge is -2.31. The first kappa shape index (κ1) is 22.0. The maximum atomic E-state index is 13.3. The number of benzene rings is 1. The van der Waals surface area contributed by atoms with E-state index in [1.165, 1.54) is 0 Å². The third kappa shape index (κ3) is 4.41. The van der Waals surface area contributed by atoms with Gasteiger partial charge in [-0.15, -0.1) is 0 Å². The van der Waals surface area contributed by atoms with E-state index in [-0.39, 0.29) is 29.7 Å². The molecule has 162 valence electrons. The minimum Gasteiger partial charge on any atom is -0.343 e. The maximum Gasteiger partial charge on any atom is 0.245 e. The SMILES string of the molecule is CC(=O)n1cc(CC2CCCN2C(=O)[C@@H](NC(=O)[C@H](C)N)C(C)C)c2ccccc21. The highest BCUT2D eigenvalue weighted by molar-refractivity contribution is 5.94. The van der Waals surface area contributed by atoms with E-state index in [1.54, 1.807) is 18.4 Å². The Hall–Kier alpha value is -2.67. The monoisotopic (exact) mass is 412 g/mol. The lowest BCUT2D eigenvalue weighted by atomic mass is 9.99. The smallest absolute Gasteiger partial charge is 0.245 e. The van der Waals surface area contributed by atoms with E-state index in [0.29, 0.717) is 13.0 Å². The summed E-state index contributed by atoms with van der Waals surface area (Å²) in [6.07, 6.45) is 4.40. The van der Waals surface area contributed by atoms with Crippen molar-refractivity contribution in [3.63, 3.8) is 0 Å². The maximum absolute atomic E-state index is 13.3. The average molecular weight is 413 g/mol. The molecule has 0 saturated carbocycles. The van der Waals surface area contributed by atoms with Crippen molar-refractivity contribution in [1.29, 1.82) is 0 Å². The van der Waals surface area contributed by atoms with Crippen LogP contribution in [0.15, 0.2) is 30.5 Å². The molecule has 1 aromatic carbocycles. The van der Waals surface area contributed by atoms with Crippen LogP contribution in [-0.4, -0.2) is 51.9 Å². The molecule has 2 aromatic rings. The molecule has 3 rings (SSSR count). The van der Waals surface area contributed by atoms with Gasteiger partial charge in [-0.1, -0.05) is 32.0 Å². The molecular weight excluding hydrogens is 380 g/mol. The molecule has 1 aliphatic rings. The van der Waals surface area contributed by atoms with Crippen LogP contribution >= 0.6 is 0 Å². The summed E-state index contributed by atoms with van der Waals surface area (Å²) in [6.45, 7) is 7.69. The summed E-state index contributed by atoms with van der Waals surface area (Å²) in [5.74, 6) is -0.449. The van der Waals surface area contributed by atoms with Gasteiger partial charge in [0, 0.05) is 31.1 Å². The second-order valence-corrected chi connectivity index (χ2v) is 8.61. The Bertz CT molecular complexity index is 947. The first-order valence-corrected chi connectivity index (χ1v) is 10.7. The normalized spacial score (nSPS) is 18.6. The second-order valence-electron chi connectivity index (χ2n) is 8.61. The van der Waals surface area contributed by atoms with Gasteiger partial charge in [-0.25, -0.2) is 0 Å². The quantitative estimate of drug-likeness (QED) is 0.761. The van der Waals surface area contributed by atoms with E-state index in [4.69, 9.17) is 5.73 Å². The second kappa shape index (κ2) is 9.00. The molecule has 7 nitrogen and oxygen atoms in total. The number of fused-ring (bicyclic) bond motifs is 1. The van der Waals surface area contributed by atoms with Crippen molar-refractivity contribution in [2.24, 2.45) is 11.7 Å². The average Bonchev–Trinajstić information content (AvgIpc) is 3.30. The zero-order valence-corrected chi connectivity index (χ0v) is 18.2. The highest BCUT2D eigenvalue weighted by Crippen LogP contribution is 2.28. The van der Waals surface area contributed by atoms with E-state index in [0.717, 1.165) is 29.3 Å². The number of carbonyl (C=O) groups is 3. The van der Waals surface area contributed by atoms with Crippen molar-refractivity contribution < 1.29 is 14.4 Å². The number of para-hydroxylation sites is 1. The number of carbonyl (C=O) groups excluding carboxylic acids is 3. The Morgan fingerprint density at radius 2 is 1.90 bits per heavy atom. The molecule has 7 heteroatoms. The fourth-order valence-electron chi connectivity index (χ4n) is 4.24. The standard InChI is InChI=1S/C23H32N4O3/c1-14(2)21(25-22(29)15(3)24)23(30)26-11-7-8-18(26)12-17-13-27(16(4)28)20-10-6-5-9-19(17)20/h5-6,9-10,13-15,18,21H,7-8,11-12,24H2,1-4H3,(H,25,29)/t15-,18?,21-/m0/s1. The summed E-state index contributed by atoms with van der Waals surface area (Å²) in [4.78, 5) is 39.4. The van der Waals surface area contributed by atoms with Crippen LogP contribution in [-0.2, 0) is 16.0 Å². The molecule has 0 radical (unpaired) electrons. The van der Waals surface area contributed by atoms with Gasteiger partial charge in [0.05, 0.1) is 11.6 Å². The number of nitrogens with zero attached hydrogens (tertiary/aromatic N) is 2. The third-order valence-electron chi connectivity index (χ3n) is 5.89. The lowest BCUT2D eigenvalue weighted by Crippen LogP contribution is -2.55. The molecule has 1 saturated heterocycles. The van der Waals surface area contributed by atoms with Gasteiger partial charge >= 0.3 is 0 Å². The number of aromatic nitrogens is 1. The van der Waals surface area contributed by atoms with Gasteiger partial charge in [0.15, 0.2) is 0 Å². The predicted molar refractivity (Wildman–Crippen MR) is 117 cm³/mol. The Labute approximate surface area is 177 Å². The fourth-order valence-corrected chi connectivity index (χ4v) is 4.24. The molecule has 0 aliphatic carbocycles. The highest BCUT2D eigenvalue weighted by Gasteiger charge is 2.36. The summed E-state index contributed by atoms with van der Waals surface area (Å²) >= 11 is 0. The van der Waals surface area contributed by atoms with Crippen molar-refractivity contribution in [1.82, 2.24) is 14.8 Å². The van der Waals surface area contributed by atoms with Gasteiger partial charge in [-0.05, 0) is 43.7 Å². The van der Waals surface area contributed by atoms with Gasteiger partial charge in [-0.3, -0.25) is 19.0 Å². The van der Waals surface area contributed by atoms with Gasteiger partial charge in [0.1, 0.15) is 6.04 Å². The van der Waals surface area contributed by atoms with Gasteiger partial charge < -0.3 is 16.0 Å². The summed E-state index contributed by atoms with van der Waals surface area (Å²) < 4.78 is 1.67. The van der Waals surface area contributed by atoms with Crippen molar-refractivity contribution in [3.8, 4) is 0 Å². The first-order valence-electron chi connectivity index (χ1n) is 10.7. The van der Waals surface area contributed by atoms with Crippen molar-refractivity contribution in [2.75, 3.05) is 6.54 Å². The van der Waals surface area contributed by atoms with Gasteiger partial charge in [0.25, 0.3) is 0 Å². The van der Waals surface area contributed by atoms with Crippen LogP contribution in [0.3, 0.4) is 0 Å². The Kier molecular flexibility index (Phi) is 6.61. The van der Waals surface area contributed by atoms with E-state index in [9.17, 15) is 14.4 Å². The topological polar surface area (TPSA) is 97.4 Å². The summed E-state index contributed by atoms with van der Waals surface area (Å²) in [5, 5.41) is 3.86. The number of rotatable bonds is 6. The molecule has 30 heavy (non-hydrogen) atoms. The van der Waals surface area contributed by atoms with E-state index in [1.807, 2.05) is 49.2 Å². The summed E-state index contributed by atoms with van der Waals surface area (Å²) in [7, 11) is 0. The van der Waals surface area contributed by atoms with Crippen LogP contribution in [0.25, 0.3) is 10.9 Å². The number of hydrogen-bond acceptors (Lipinski definition) is 4. The minimum absolute atomic E-state index is 0.0321. The number of likely N-dealkylation sites (tertiary alicyclic amines) is 1. The van der Waals surface area contributed by atoms with Gasteiger partial charge in [0.2, 0.25) is 17.7 Å². The van der Waals surface area contributed by atoms with E-state index >= 15 is 0 Å². The van der Waals surface area contributed by atoms with Crippen LogP contribution in [0.5, 0.6) is 0 Å². The fraction of sp³-hybridized carbons (Fsp3) is 0.522. The van der Waals surface area contributed by atoms with E-state index in [2.05, 4.69) is 5.32 Å². The molecule has 1 aromatic heterocycles. The van der Waals surface area contributed by atoms with Crippen LogP contribution < -0.4 is 11.1 Å². The minimum atomic E-state index is -0.661. The number of nitrogens with two attached hydrogens (primary N) is 1. The molecule has 2 amide bonds. The van der Waals surface area contributed by atoms with Crippen LogP contribution in [0.1, 0.15) is 50.9 Å². The Morgan fingerprint density at radius 3 is 2.53 bits per heavy atom. The lowest BCUT2D eigenvalue weighted by molar-refractivity contribution is -0.138. The molecule has 1 fully saturated rings. The molecule has 2 heterocycles. The Morgan fingerprint density at radius 1 is 1.20 bits per heavy atom. The molecule has 3 atom stereocenters. The van der Waals surface area contributed by atoms with Crippen molar-refractivity contribution in [2.45, 2.75) is 65.1 Å². The first-order chi connectivity index (χ1) is 14.2. The molecule has 1 unspecified atom stereocenters.